The van der Waals surface area contributed by atoms with E-state index in [9.17, 15) is 0 Å². The predicted octanol–water partition coefficient (Wildman–Crippen LogP) is 10.3. The highest BCUT2D eigenvalue weighted by Gasteiger charge is 2.84. The third-order valence-corrected chi connectivity index (χ3v) is 57.3. The molecular formula is C27H58Si3. The second-order valence-corrected chi connectivity index (χ2v) is 39.2. The molecule has 30 heavy (non-hydrogen) atoms. The molecule has 0 aromatic carbocycles. The number of allylic oxidation sites excluding steroid dienone is 2. The zero-order valence-electron chi connectivity index (χ0n) is 24.1. The number of hydrogen-bond donors (Lipinski definition) is 0. The summed E-state index contributed by atoms with van der Waals surface area (Å²) in [5.41, 5.74) is 2.57. The Hall–Kier alpha value is 0.391. The Morgan fingerprint density at radius 1 is 0.567 bits per heavy atom. The lowest BCUT2D eigenvalue weighted by molar-refractivity contribution is 0.553. The van der Waals surface area contributed by atoms with Crippen LogP contribution in [0.4, 0.5) is 0 Å². The molecule has 0 bridgehead atoms. The monoisotopic (exact) mass is 466 g/mol. The van der Waals surface area contributed by atoms with Gasteiger partial charge < -0.3 is 0 Å². The molecule has 1 rings (SSSR count). The van der Waals surface area contributed by atoms with Gasteiger partial charge in [-0.25, -0.2) is 0 Å². The maximum Gasteiger partial charge on any atom is 0.0962 e. The third-order valence-electron chi connectivity index (χ3n) is 9.37. The van der Waals surface area contributed by atoms with Crippen LogP contribution in [0.1, 0.15) is 131 Å². The summed E-state index contributed by atoms with van der Waals surface area (Å²) in [5, 5.41) is 5.32. The molecule has 0 unspecified atom stereocenters. The first-order chi connectivity index (χ1) is 13.2. The Morgan fingerprint density at radius 2 is 0.800 bits per heavy atom. The fourth-order valence-corrected chi connectivity index (χ4v) is 86.7. The minimum absolute atomic E-state index is 0.393. The Labute approximate surface area is 194 Å². The van der Waals surface area contributed by atoms with E-state index in [0.29, 0.717) is 15.1 Å². The second kappa shape index (κ2) is 8.31. The summed E-state index contributed by atoms with van der Waals surface area (Å²) in [6, 6.07) is 0. The Bertz CT molecular complexity index is 573. The van der Waals surface area contributed by atoms with Gasteiger partial charge in [-0.3, -0.25) is 0 Å². The lowest BCUT2D eigenvalue weighted by Crippen LogP contribution is -2.83. The largest absolute Gasteiger partial charge is 0.0962 e. The first kappa shape index (κ1) is 28.4. The minimum atomic E-state index is -1.88. The summed E-state index contributed by atoms with van der Waals surface area (Å²) in [6.45, 7) is 44.9. The molecule has 0 N–H and O–H groups in total. The van der Waals surface area contributed by atoms with Crippen LogP contribution in [0.5, 0.6) is 0 Å². The van der Waals surface area contributed by atoms with Crippen molar-refractivity contribution < 1.29 is 0 Å². The van der Waals surface area contributed by atoms with Gasteiger partial charge in [0.15, 0.2) is 0 Å². The van der Waals surface area contributed by atoms with Crippen LogP contribution in [0.3, 0.4) is 0 Å². The average molecular weight is 467 g/mol. The van der Waals surface area contributed by atoms with E-state index in [2.05, 4.69) is 128 Å². The molecule has 0 spiro atoms. The van der Waals surface area contributed by atoms with Crippen LogP contribution in [-0.4, -0.2) is 22.3 Å². The molecule has 1 aliphatic rings. The Balaban J connectivity index is 4.47. The molecule has 0 aliphatic carbocycles. The van der Waals surface area contributed by atoms with Gasteiger partial charge in [0.05, 0.1) is 22.3 Å². The zero-order valence-corrected chi connectivity index (χ0v) is 27.1. The van der Waals surface area contributed by atoms with Crippen LogP contribution < -0.4 is 0 Å². The van der Waals surface area contributed by atoms with E-state index in [1.807, 2.05) is 0 Å². The highest BCUT2D eigenvalue weighted by atomic mass is 29.6. The van der Waals surface area contributed by atoms with Gasteiger partial charge in [0.2, 0.25) is 0 Å². The molecule has 0 saturated carbocycles. The molecule has 0 saturated heterocycles. The molecule has 0 atom stereocenters. The maximum atomic E-state index is 2.67. The van der Waals surface area contributed by atoms with Crippen LogP contribution in [0.25, 0.3) is 0 Å². The molecule has 0 radical (unpaired) electrons. The van der Waals surface area contributed by atoms with Gasteiger partial charge in [0.1, 0.15) is 0 Å². The second-order valence-electron chi connectivity index (χ2n) is 14.3. The van der Waals surface area contributed by atoms with Crippen molar-refractivity contribution in [1.29, 1.82) is 0 Å². The van der Waals surface area contributed by atoms with Crippen molar-refractivity contribution in [1.82, 2.24) is 0 Å². The van der Waals surface area contributed by atoms with Crippen molar-refractivity contribution in [3.63, 3.8) is 0 Å². The molecule has 0 amide bonds. The summed E-state index contributed by atoms with van der Waals surface area (Å²) in [5.74, 6) is 0. The molecule has 3 heteroatoms. The van der Waals surface area contributed by atoms with Crippen molar-refractivity contribution in [3.05, 3.63) is 10.4 Å². The predicted molar refractivity (Wildman–Crippen MR) is 149 cm³/mol. The molecule has 0 aromatic heterocycles. The number of hydrogen-bond acceptors (Lipinski definition) is 0. The van der Waals surface area contributed by atoms with E-state index in [0.717, 1.165) is 16.6 Å². The fourth-order valence-electron chi connectivity index (χ4n) is 11.0. The Morgan fingerprint density at radius 3 is 0.933 bits per heavy atom. The van der Waals surface area contributed by atoms with Gasteiger partial charge >= 0.3 is 0 Å². The molecule has 1 aliphatic heterocycles. The van der Waals surface area contributed by atoms with E-state index in [1.54, 1.807) is 0 Å². The quantitative estimate of drug-likeness (QED) is 0.327. The smallest absolute Gasteiger partial charge is 0.0856 e. The van der Waals surface area contributed by atoms with Crippen LogP contribution >= 0.6 is 0 Å². The van der Waals surface area contributed by atoms with E-state index in [4.69, 9.17) is 0 Å². The van der Waals surface area contributed by atoms with E-state index in [-0.39, 0.29) is 0 Å². The zero-order chi connectivity index (χ0) is 24.3. The molecule has 178 valence electrons. The van der Waals surface area contributed by atoms with Gasteiger partial charge in [-0.15, -0.1) is 0 Å². The van der Waals surface area contributed by atoms with Crippen molar-refractivity contribution >= 4 is 22.3 Å². The van der Waals surface area contributed by atoms with Crippen molar-refractivity contribution in [2.75, 3.05) is 0 Å². The van der Waals surface area contributed by atoms with Gasteiger partial charge in [0, 0.05) is 0 Å². The van der Waals surface area contributed by atoms with Gasteiger partial charge in [-0.1, -0.05) is 145 Å². The standard InChI is InChI=1S/C27H58Si3/c1-18-23-24(19-2)29(23,28(20(3)4,21(5)6)22(7)8)30(25(9,10)11,26(12,13)14)27(15,16)17/h20-22H,18-19H2,1-17H3. The lowest BCUT2D eigenvalue weighted by atomic mass is 10.2. The Kier molecular flexibility index (Phi) is 7.87. The van der Waals surface area contributed by atoms with E-state index in [1.165, 1.54) is 12.8 Å². The van der Waals surface area contributed by atoms with E-state index >= 15 is 0 Å². The lowest BCUT2D eigenvalue weighted by Gasteiger charge is -2.70. The van der Waals surface area contributed by atoms with Crippen molar-refractivity contribution in [2.45, 2.75) is 162 Å². The summed E-state index contributed by atoms with van der Waals surface area (Å²) in [7, 11) is -5.29. The normalized spacial score (nSPS) is 18.8. The third kappa shape index (κ3) is 3.22. The van der Waals surface area contributed by atoms with Crippen LogP contribution in [0.15, 0.2) is 10.4 Å². The SMILES string of the molecule is CCC1=C(CC)[Si]1([Si](C(C)C)(C(C)C)C(C)C)[Si](C(C)(C)C)(C(C)(C)C)C(C)(C)C. The van der Waals surface area contributed by atoms with Crippen LogP contribution in [0.2, 0.25) is 31.7 Å². The topological polar surface area (TPSA) is 0 Å². The first-order valence-electron chi connectivity index (χ1n) is 13.0. The highest BCUT2D eigenvalue weighted by molar-refractivity contribution is 7.79. The van der Waals surface area contributed by atoms with Gasteiger partial charge in [-0.05, 0) is 28.0 Å². The fraction of sp³-hybridized carbons (Fsp3) is 0.926. The first-order valence-corrected chi connectivity index (χ1v) is 21.2. The van der Waals surface area contributed by atoms with Crippen molar-refractivity contribution in [2.24, 2.45) is 0 Å². The molecule has 0 nitrogen and oxygen atoms in total. The number of rotatable bonds is 7. The van der Waals surface area contributed by atoms with Gasteiger partial charge in [-0.2, -0.15) is 0 Å². The molecule has 0 fully saturated rings. The summed E-state index contributed by atoms with van der Waals surface area (Å²) >= 11 is 0. The molecule has 1 heterocycles. The van der Waals surface area contributed by atoms with Crippen LogP contribution in [0, 0.1) is 0 Å². The minimum Gasteiger partial charge on any atom is -0.0856 e. The van der Waals surface area contributed by atoms with Crippen molar-refractivity contribution in [3.8, 4) is 0 Å². The summed E-state index contributed by atoms with van der Waals surface area (Å²) < 4.78 is 0. The van der Waals surface area contributed by atoms with Crippen LogP contribution in [-0.2, 0) is 0 Å². The maximum absolute atomic E-state index is 2.67. The van der Waals surface area contributed by atoms with Gasteiger partial charge in [0.25, 0.3) is 0 Å². The average Bonchev–Trinajstić information content (AvgIpc) is 3.09. The molecule has 0 aromatic rings. The summed E-state index contributed by atoms with van der Waals surface area (Å²) in [4.78, 5) is 0. The summed E-state index contributed by atoms with van der Waals surface area (Å²) in [6.07, 6.45) is 2.65. The highest BCUT2D eigenvalue weighted by Crippen LogP contribution is 2.77. The van der Waals surface area contributed by atoms with E-state index < -0.39 is 22.3 Å². The molecular weight excluding hydrogens is 409 g/mol.